The van der Waals surface area contributed by atoms with Crippen LogP contribution in [0.3, 0.4) is 0 Å². The van der Waals surface area contributed by atoms with Crippen LogP contribution >= 0.6 is 0 Å². The van der Waals surface area contributed by atoms with Crippen LogP contribution in [0.25, 0.3) is 0 Å². The van der Waals surface area contributed by atoms with Crippen LogP contribution in [0.2, 0.25) is 0 Å². The van der Waals surface area contributed by atoms with Gasteiger partial charge in [0.1, 0.15) is 0 Å². The molecule has 0 unspecified atom stereocenters. The van der Waals surface area contributed by atoms with Crippen molar-refractivity contribution < 1.29 is 8.42 Å². The second-order valence-electron chi connectivity index (χ2n) is 5.16. The van der Waals surface area contributed by atoms with Gasteiger partial charge in [0.2, 0.25) is 0 Å². The molecule has 0 aliphatic heterocycles. The first-order valence-corrected chi connectivity index (χ1v) is 7.25. The topological polar surface area (TPSA) is 64.0 Å². The Kier molecular flexibility index (Phi) is 3.86. The summed E-state index contributed by atoms with van der Waals surface area (Å²) in [5, 5.41) is 7.28. The van der Waals surface area contributed by atoms with E-state index in [9.17, 15) is 8.42 Å². The largest absolute Gasteiger partial charge is 0.381 e. The maximum Gasteiger partial charge on any atom is 0.156 e. The molecule has 0 aliphatic rings. The third kappa shape index (κ3) is 3.46. The van der Waals surface area contributed by atoms with Crippen molar-refractivity contribution in [3.63, 3.8) is 0 Å². The van der Waals surface area contributed by atoms with Gasteiger partial charge < -0.3 is 5.32 Å². The summed E-state index contributed by atoms with van der Waals surface area (Å²) < 4.78 is 24.8. The molecule has 5 nitrogen and oxygen atoms in total. The molecular weight excluding hydrogens is 238 g/mol. The van der Waals surface area contributed by atoms with E-state index >= 15 is 0 Å². The number of aromatic nitrogens is 2. The van der Waals surface area contributed by atoms with Gasteiger partial charge in [0, 0.05) is 19.8 Å². The molecular formula is C11H21N3O2S. The fourth-order valence-corrected chi connectivity index (χ4v) is 2.38. The molecule has 1 rings (SSSR count). The van der Waals surface area contributed by atoms with Crippen LogP contribution in [-0.2, 0) is 16.9 Å². The number of aryl methyl sites for hydroxylation is 2. The molecule has 0 fully saturated rings. The second-order valence-corrected chi connectivity index (χ2v) is 8.02. The number of anilines is 1. The summed E-state index contributed by atoms with van der Waals surface area (Å²) in [5.41, 5.74) is 1.76. The lowest BCUT2D eigenvalue weighted by atomic mass is 10.3. The molecule has 1 N–H and O–H groups in total. The highest BCUT2D eigenvalue weighted by Gasteiger charge is 2.28. The monoisotopic (exact) mass is 259 g/mol. The zero-order chi connectivity index (χ0) is 13.3. The Bertz CT molecular complexity index is 483. The van der Waals surface area contributed by atoms with E-state index in [2.05, 4.69) is 10.4 Å². The molecule has 0 aliphatic carbocycles. The van der Waals surface area contributed by atoms with Crippen LogP contribution in [0.1, 0.15) is 26.5 Å². The standard InChI is InChI=1S/C11H21N3O2S/c1-9-10(8-14(5)13-9)12-6-7-17(15,16)11(2,3)4/h8,12H,6-7H2,1-5H3. The first kappa shape index (κ1) is 14.0. The number of hydrogen-bond donors (Lipinski definition) is 1. The van der Waals surface area contributed by atoms with Gasteiger partial charge in [-0.2, -0.15) is 5.10 Å². The van der Waals surface area contributed by atoms with Gasteiger partial charge in [-0.1, -0.05) is 0 Å². The molecule has 1 aromatic heterocycles. The molecule has 6 heteroatoms. The fourth-order valence-electron chi connectivity index (χ4n) is 1.40. The van der Waals surface area contributed by atoms with Crippen molar-refractivity contribution in [2.24, 2.45) is 7.05 Å². The van der Waals surface area contributed by atoms with E-state index < -0.39 is 14.6 Å². The molecule has 1 heterocycles. The van der Waals surface area contributed by atoms with Crippen LogP contribution in [0.15, 0.2) is 6.20 Å². The smallest absolute Gasteiger partial charge is 0.156 e. The van der Waals surface area contributed by atoms with Gasteiger partial charge in [0.05, 0.1) is 21.9 Å². The van der Waals surface area contributed by atoms with Crippen molar-refractivity contribution in [2.75, 3.05) is 17.6 Å². The highest BCUT2D eigenvalue weighted by molar-refractivity contribution is 7.92. The third-order valence-corrected chi connectivity index (χ3v) is 5.24. The van der Waals surface area contributed by atoms with E-state index in [4.69, 9.17) is 0 Å². The molecule has 0 amide bonds. The van der Waals surface area contributed by atoms with Crippen LogP contribution in [0.5, 0.6) is 0 Å². The molecule has 0 saturated carbocycles. The van der Waals surface area contributed by atoms with Crippen molar-refractivity contribution in [1.29, 1.82) is 0 Å². The maximum absolute atomic E-state index is 11.9. The van der Waals surface area contributed by atoms with Gasteiger partial charge >= 0.3 is 0 Å². The number of rotatable bonds is 4. The molecule has 0 spiro atoms. The first-order chi connectivity index (χ1) is 7.63. The van der Waals surface area contributed by atoms with Crippen LogP contribution in [-0.4, -0.2) is 35.2 Å². The van der Waals surface area contributed by atoms with Gasteiger partial charge in [-0.15, -0.1) is 0 Å². The lowest BCUT2D eigenvalue weighted by Gasteiger charge is -2.19. The zero-order valence-electron chi connectivity index (χ0n) is 11.1. The Labute approximate surface area is 103 Å². The fraction of sp³-hybridized carbons (Fsp3) is 0.727. The van der Waals surface area contributed by atoms with Gasteiger partial charge in [-0.25, -0.2) is 8.42 Å². The van der Waals surface area contributed by atoms with E-state index in [0.717, 1.165) is 11.4 Å². The number of nitrogens with zero attached hydrogens (tertiary/aromatic N) is 2. The Morgan fingerprint density at radius 3 is 2.41 bits per heavy atom. The molecule has 0 atom stereocenters. The number of nitrogens with one attached hydrogen (secondary N) is 1. The maximum atomic E-state index is 11.9. The Morgan fingerprint density at radius 1 is 1.41 bits per heavy atom. The molecule has 98 valence electrons. The molecule has 0 bridgehead atoms. The van der Waals surface area contributed by atoms with E-state index in [0.29, 0.717) is 6.54 Å². The summed E-state index contributed by atoms with van der Waals surface area (Å²) >= 11 is 0. The molecule has 0 aromatic carbocycles. The van der Waals surface area contributed by atoms with Gasteiger partial charge in [-0.05, 0) is 27.7 Å². The van der Waals surface area contributed by atoms with Crippen molar-refractivity contribution in [2.45, 2.75) is 32.4 Å². The highest BCUT2D eigenvalue weighted by atomic mass is 32.2. The van der Waals surface area contributed by atoms with Crippen LogP contribution < -0.4 is 5.32 Å². The lowest BCUT2D eigenvalue weighted by Crippen LogP contribution is -2.32. The van der Waals surface area contributed by atoms with E-state index in [-0.39, 0.29) is 5.75 Å². The minimum Gasteiger partial charge on any atom is -0.381 e. The quantitative estimate of drug-likeness (QED) is 0.886. The predicted octanol–water partition coefficient (Wildman–Crippen LogP) is 1.35. The third-order valence-electron chi connectivity index (χ3n) is 2.63. The number of hydrogen-bond acceptors (Lipinski definition) is 4. The summed E-state index contributed by atoms with van der Waals surface area (Å²) in [4.78, 5) is 0. The summed E-state index contributed by atoms with van der Waals surface area (Å²) in [6.07, 6.45) is 1.85. The lowest BCUT2D eigenvalue weighted by molar-refractivity contribution is 0.560. The predicted molar refractivity (Wildman–Crippen MR) is 70.0 cm³/mol. The van der Waals surface area contributed by atoms with Gasteiger partial charge in [-0.3, -0.25) is 4.68 Å². The minimum atomic E-state index is -3.06. The van der Waals surface area contributed by atoms with E-state index in [1.54, 1.807) is 25.5 Å². The van der Waals surface area contributed by atoms with Crippen molar-refractivity contribution >= 4 is 15.5 Å². The van der Waals surface area contributed by atoms with Gasteiger partial charge in [0.25, 0.3) is 0 Å². The summed E-state index contributed by atoms with van der Waals surface area (Å²) in [7, 11) is -1.23. The highest BCUT2D eigenvalue weighted by Crippen LogP contribution is 2.16. The molecule has 1 aromatic rings. The molecule has 17 heavy (non-hydrogen) atoms. The van der Waals surface area contributed by atoms with Crippen LogP contribution in [0, 0.1) is 6.92 Å². The van der Waals surface area contributed by atoms with E-state index in [1.807, 2.05) is 20.2 Å². The van der Waals surface area contributed by atoms with Gasteiger partial charge in [0.15, 0.2) is 9.84 Å². The average molecular weight is 259 g/mol. The normalized spacial score (nSPS) is 12.8. The Hall–Kier alpha value is -1.04. The Balaban J connectivity index is 2.57. The number of sulfone groups is 1. The van der Waals surface area contributed by atoms with E-state index in [1.165, 1.54) is 0 Å². The Morgan fingerprint density at radius 2 is 2.00 bits per heavy atom. The summed E-state index contributed by atoms with van der Waals surface area (Å²) in [6, 6.07) is 0. The minimum absolute atomic E-state index is 0.130. The summed E-state index contributed by atoms with van der Waals surface area (Å²) in [5.74, 6) is 0.130. The van der Waals surface area contributed by atoms with Crippen molar-refractivity contribution in [1.82, 2.24) is 9.78 Å². The second kappa shape index (κ2) is 4.68. The first-order valence-electron chi connectivity index (χ1n) is 5.60. The SMILES string of the molecule is Cc1nn(C)cc1NCCS(=O)(=O)C(C)(C)C. The van der Waals surface area contributed by atoms with Crippen molar-refractivity contribution in [3.05, 3.63) is 11.9 Å². The molecule has 0 saturated heterocycles. The van der Waals surface area contributed by atoms with Crippen LogP contribution in [0.4, 0.5) is 5.69 Å². The zero-order valence-corrected chi connectivity index (χ0v) is 11.9. The summed E-state index contributed by atoms with van der Waals surface area (Å²) in [6.45, 7) is 7.46. The average Bonchev–Trinajstić information content (AvgIpc) is 2.43. The molecule has 0 radical (unpaired) electrons. The van der Waals surface area contributed by atoms with Crippen molar-refractivity contribution in [3.8, 4) is 0 Å².